The zero-order valence-corrected chi connectivity index (χ0v) is 8.36. The van der Waals surface area contributed by atoms with Crippen molar-refractivity contribution in [2.24, 2.45) is 5.73 Å². The summed E-state index contributed by atoms with van der Waals surface area (Å²) in [7, 11) is 3.10. The van der Waals surface area contributed by atoms with E-state index in [4.69, 9.17) is 15.6 Å². The maximum atomic E-state index is 11.4. The molecule has 1 amide bonds. The quantitative estimate of drug-likeness (QED) is 0.571. The van der Waals surface area contributed by atoms with E-state index >= 15 is 0 Å². The Bertz CT molecular complexity index is 163. The third-order valence-corrected chi connectivity index (χ3v) is 1.94. The molecule has 0 bridgehead atoms. The number of aliphatic hydroxyl groups is 1. The van der Waals surface area contributed by atoms with E-state index in [1.54, 1.807) is 14.0 Å². The summed E-state index contributed by atoms with van der Waals surface area (Å²) < 4.78 is 4.75. The number of methoxy groups -OCH3 is 1. The van der Waals surface area contributed by atoms with Crippen LogP contribution in [0.4, 0.5) is 0 Å². The van der Waals surface area contributed by atoms with Crippen LogP contribution in [0.3, 0.4) is 0 Å². The minimum atomic E-state index is -0.649. The van der Waals surface area contributed by atoms with Crippen LogP contribution in [0.15, 0.2) is 0 Å². The monoisotopic (exact) mass is 190 g/mol. The van der Waals surface area contributed by atoms with Crippen molar-refractivity contribution < 1.29 is 14.6 Å². The fraction of sp³-hybridized carbons (Fsp3) is 0.875. The summed E-state index contributed by atoms with van der Waals surface area (Å²) in [6, 6.07) is -0.862. The van der Waals surface area contributed by atoms with Gasteiger partial charge >= 0.3 is 0 Å². The standard InChI is InChI=1S/C8H18N2O3/c1-6(4-11)10(2)8(12)7(9)5-13-3/h6-7,11H,4-5,9H2,1-3H3. The van der Waals surface area contributed by atoms with Crippen molar-refractivity contribution in [2.45, 2.75) is 19.0 Å². The van der Waals surface area contributed by atoms with Crippen LogP contribution in [-0.2, 0) is 9.53 Å². The third-order valence-electron chi connectivity index (χ3n) is 1.94. The van der Waals surface area contributed by atoms with Gasteiger partial charge in [-0.1, -0.05) is 0 Å². The molecule has 0 aromatic heterocycles. The molecule has 0 saturated carbocycles. The SMILES string of the molecule is COCC(N)C(=O)N(C)C(C)CO. The molecule has 2 unspecified atom stereocenters. The van der Waals surface area contributed by atoms with Gasteiger partial charge in [0.25, 0.3) is 0 Å². The van der Waals surface area contributed by atoms with Crippen LogP contribution in [0.25, 0.3) is 0 Å². The number of likely N-dealkylation sites (N-methyl/N-ethyl adjacent to an activating group) is 1. The predicted molar refractivity (Wildman–Crippen MR) is 49.2 cm³/mol. The van der Waals surface area contributed by atoms with Crippen molar-refractivity contribution in [1.29, 1.82) is 0 Å². The molecule has 0 fully saturated rings. The molecule has 0 rings (SSSR count). The number of nitrogens with two attached hydrogens (primary N) is 1. The highest BCUT2D eigenvalue weighted by atomic mass is 16.5. The Morgan fingerprint density at radius 3 is 2.62 bits per heavy atom. The van der Waals surface area contributed by atoms with Gasteiger partial charge in [-0.3, -0.25) is 4.79 Å². The van der Waals surface area contributed by atoms with Gasteiger partial charge in [-0.2, -0.15) is 0 Å². The summed E-state index contributed by atoms with van der Waals surface area (Å²) in [6.07, 6.45) is 0. The number of nitrogens with zero attached hydrogens (tertiary/aromatic N) is 1. The highest BCUT2D eigenvalue weighted by Gasteiger charge is 2.21. The van der Waals surface area contributed by atoms with Crippen molar-refractivity contribution in [2.75, 3.05) is 27.4 Å². The lowest BCUT2D eigenvalue weighted by Gasteiger charge is -2.25. The average molecular weight is 190 g/mol. The number of hydrogen-bond acceptors (Lipinski definition) is 4. The lowest BCUT2D eigenvalue weighted by molar-refractivity contribution is -0.134. The van der Waals surface area contributed by atoms with Crippen molar-refractivity contribution >= 4 is 5.91 Å². The molecule has 0 heterocycles. The van der Waals surface area contributed by atoms with Crippen LogP contribution in [0.1, 0.15) is 6.92 Å². The molecular formula is C8H18N2O3. The predicted octanol–water partition coefficient (Wildman–Crippen LogP) is -1.20. The molecule has 3 N–H and O–H groups in total. The molecule has 0 aliphatic rings. The van der Waals surface area contributed by atoms with Gasteiger partial charge in [-0.15, -0.1) is 0 Å². The summed E-state index contributed by atoms with van der Waals surface area (Å²) >= 11 is 0. The Hall–Kier alpha value is -0.650. The Morgan fingerprint density at radius 1 is 1.69 bits per heavy atom. The van der Waals surface area contributed by atoms with Gasteiger partial charge in [0.05, 0.1) is 19.3 Å². The topological polar surface area (TPSA) is 75.8 Å². The smallest absolute Gasteiger partial charge is 0.241 e. The van der Waals surface area contributed by atoms with Crippen molar-refractivity contribution in [3.05, 3.63) is 0 Å². The van der Waals surface area contributed by atoms with E-state index in [0.717, 1.165) is 0 Å². The molecular weight excluding hydrogens is 172 g/mol. The van der Waals surface area contributed by atoms with E-state index in [9.17, 15) is 4.79 Å². The lowest BCUT2D eigenvalue weighted by Crippen LogP contribution is -2.48. The summed E-state index contributed by atoms with van der Waals surface area (Å²) in [5, 5.41) is 8.80. The Balaban J connectivity index is 4.08. The number of hydrogen-bond donors (Lipinski definition) is 2. The number of aliphatic hydroxyl groups excluding tert-OH is 1. The molecule has 0 saturated heterocycles. The van der Waals surface area contributed by atoms with Gasteiger partial charge in [-0.05, 0) is 6.92 Å². The zero-order valence-electron chi connectivity index (χ0n) is 8.36. The minimum absolute atomic E-state index is 0.0675. The second-order valence-electron chi connectivity index (χ2n) is 3.04. The summed E-state index contributed by atoms with van der Waals surface area (Å²) in [5.74, 6) is -0.219. The molecule has 13 heavy (non-hydrogen) atoms. The van der Waals surface area contributed by atoms with Crippen molar-refractivity contribution in [3.8, 4) is 0 Å². The average Bonchev–Trinajstić information content (AvgIpc) is 2.14. The van der Waals surface area contributed by atoms with E-state index in [0.29, 0.717) is 0 Å². The fourth-order valence-corrected chi connectivity index (χ4v) is 0.852. The molecule has 5 nitrogen and oxygen atoms in total. The van der Waals surface area contributed by atoms with E-state index in [2.05, 4.69) is 0 Å². The molecule has 0 aliphatic heterocycles. The molecule has 2 atom stereocenters. The van der Waals surface area contributed by atoms with Crippen LogP contribution in [0.5, 0.6) is 0 Å². The van der Waals surface area contributed by atoms with Crippen LogP contribution in [-0.4, -0.2) is 55.4 Å². The second-order valence-corrected chi connectivity index (χ2v) is 3.04. The zero-order chi connectivity index (χ0) is 10.4. The van der Waals surface area contributed by atoms with Gasteiger partial charge < -0.3 is 20.5 Å². The molecule has 0 aromatic carbocycles. The van der Waals surface area contributed by atoms with Crippen LogP contribution < -0.4 is 5.73 Å². The number of carbonyl (C=O) groups excluding carboxylic acids is 1. The van der Waals surface area contributed by atoms with Crippen molar-refractivity contribution in [3.63, 3.8) is 0 Å². The van der Waals surface area contributed by atoms with E-state index in [1.807, 2.05) is 0 Å². The van der Waals surface area contributed by atoms with Crippen LogP contribution >= 0.6 is 0 Å². The maximum Gasteiger partial charge on any atom is 0.241 e. The first-order valence-electron chi connectivity index (χ1n) is 4.16. The van der Waals surface area contributed by atoms with Gasteiger partial charge in [0, 0.05) is 14.2 Å². The molecule has 5 heteroatoms. The third kappa shape index (κ3) is 3.71. The molecule has 0 aromatic rings. The largest absolute Gasteiger partial charge is 0.394 e. The molecule has 0 spiro atoms. The second kappa shape index (κ2) is 5.90. The Kier molecular flexibility index (Phi) is 5.61. The summed E-state index contributed by atoms with van der Waals surface area (Å²) in [5.41, 5.74) is 5.52. The van der Waals surface area contributed by atoms with Gasteiger partial charge in [0.1, 0.15) is 6.04 Å². The van der Waals surface area contributed by atoms with Crippen LogP contribution in [0, 0.1) is 0 Å². The van der Waals surface area contributed by atoms with E-state index < -0.39 is 6.04 Å². The first-order chi connectivity index (χ1) is 6.04. The highest BCUT2D eigenvalue weighted by molar-refractivity contribution is 5.81. The van der Waals surface area contributed by atoms with E-state index in [1.165, 1.54) is 12.0 Å². The van der Waals surface area contributed by atoms with Crippen LogP contribution in [0.2, 0.25) is 0 Å². The number of rotatable bonds is 5. The first kappa shape index (κ1) is 12.3. The highest BCUT2D eigenvalue weighted by Crippen LogP contribution is 1.97. The molecule has 0 radical (unpaired) electrons. The van der Waals surface area contributed by atoms with Gasteiger partial charge in [-0.25, -0.2) is 0 Å². The summed E-state index contributed by atoms with van der Waals surface area (Å²) in [4.78, 5) is 12.9. The molecule has 78 valence electrons. The fourth-order valence-electron chi connectivity index (χ4n) is 0.852. The van der Waals surface area contributed by atoms with Crippen molar-refractivity contribution in [1.82, 2.24) is 4.90 Å². The number of carbonyl (C=O) groups is 1. The van der Waals surface area contributed by atoms with Gasteiger partial charge in [0.15, 0.2) is 0 Å². The lowest BCUT2D eigenvalue weighted by atomic mass is 10.2. The maximum absolute atomic E-state index is 11.4. The molecule has 0 aliphatic carbocycles. The first-order valence-corrected chi connectivity index (χ1v) is 4.16. The minimum Gasteiger partial charge on any atom is -0.394 e. The van der Waals surface area contributed by atoms with Gasteiger partial charge in [0.2, 0.25) is 5.91 Å². The normalized spacial score (nSPS) is 15.2. The van der Waals surface area contributed by atoms with E-state index in [-0.39, 0.29) is 25.2 Å². The number of amides is 1. The number of ether oxygens (including phenoxy) is 1. The Morgan fingerprint density at radius 2 is 2.23 bits per heavy atom. The Labute approximate surface area is 78.5 Å². The summed E-state index contributed by atoms with van der Waals surface area (Å²) in [6.45, 7) is 1.88.